The van der Waals surface area contributed by atoms with Gasteiger partial charge < -0.3 is 19.1 Å². The van der Waals surface area contributed by atoms with Gasteiger partial charge in [0.1, 0.15) is 0 Å². The standard InChI is InChI=1S/C16H29NO4/c1-12(2)17-7-5-6-13(10-17)9-16(3)20-11-14(21-16)8-15(18)19-4/h12-14H,5-11H2,1-4H3. The lowest BCUT2D eigenvalue weighted by Gasteiger charge is -2.38. The third-order valence-electron chi connectivity index (χ3n) is 4.55. The largest absolute Gasteiger partial charge is 0.469 e. The highest BCUT2D eigenvalue weighted by Gasteiger charge is 2.40. The van der Waals surface area contributed by atoms with Crippen molar-refractivity contribution in [3.05, 3.63) is 0 Å². The number of likely N-dealkylation sites (tertiary alicyclic amines) is 1. The summed E-state index contributed by atoms with van der Waals surface area (Å²) in [6.07, 6.45) is 3.47. The monoisotopic (exact) mass is 299 g/mol. The lowest BCUT2D eigenvalue weighted by atomic mass is 9.90. The van der Waals surface area contributed by atoms with Crippen LogP contribution < -0.4 is 0 Å². The quantitative estimate of drug-likeness (QED) is 0.728. The molecule has 0 aromatic carbocycles. The maximum Gasteiger partial charge on any atom is 0.308 e. The average molecular weight is 299 g/mol. The molecule has 0 aromatic heterocycles. The Morgan fingerprint density at radius 3 is 2.90 bits per heavy atom. The molecule has 0 amide bonds. The van der Waals surface area contributed by atoms with Gasteiger partial charge in [-0.3, -0.25) is 4.79 Å². The summed E-state index contributed by atoms with van der Waals surface area (Å²) in [4.78, 5) is 13.8. The highest BCUT2D eigenvalue weighted by Crippen LogP contribution is 2.34. The molecule has 0 aromatic rings. The van der Waals surface area contributed by atoms with Crippen molar-refractivity contribution in [2.45, 2.75) is 64.4 Å². The Kier molecular flexibility index (Phi) is 5.63. The molecule has 0 bridgehead atoms. The number of ether oxygens (including phenoxy) is 3. The topological polar surface area (TPSA) is 48.0 Å². The summed E-state index contributed by atoms with van der Waals surface area (Å²) in [5.74, 6) is -0.192. The Hall–Kier alpha value is -0.650. The minimum atomic E-state index is -0.552. The summed E-state index contributed by atoms with van der Waals surface area (Å²) < 4.78 is 16.5. The molecule has 3 unspecified atom stereocenters. The fraction of sp³-hybridized carbons (Fsp3) is 0.938. The molecular weight excluding hydrogens is 270 g/mol. The Morgan fingerprint density at radius 2 is 2.24 bits per heavy atom. The summed E-state index contributed by atoms with van der Waals surface area (Å²) in [5.41, 5.74) is 0. The molecule has 2 heterocycles. The number of methoxy groups -OCH3 is 1. The van der Waals surface area contributed by atoms with Crippen LogP contribution in [0.2, 0.25) is 0 Å². The van der Waals surface area contributed by atoms with Crippen molar-refractivity contribution in [3.8, 4) is 0 Å². The van der Waals surface area contributed by atoms with Crippen molar-refractivity contribution < 1.29 is 19.0 Å². The van der Waals surface area contributed by atoms with Crippen LogP contribution in [0, 0.1) is 5.92 Å². The summed E-state index contributed by atoms with van der Waals surface area (Å²) in [5, 5.41) is 0. The minimum absolute atomic E-state index is 0.174. The van der Waals surface area contributed by atoms with Gasteiger partial charge in [0.2, 0.25) is 0 Å². The van der Waals surface area contributed by atoms with E-state index in [1.165, 1.54) is 26.5 Å². The summed E-state index contributed by atoms with van der Waals surface area (Å²) in [6.45, 7) is 9.28. The lowest BCUT2D eigenvalue weighted by molar-refractivity contribution is -0.172. The van der Waals surface area contributed by atoms with Crippen molar-refractivity contribution in [1.29, 1.82) is 0 Å². The van der Waals surface area contributed by atoms with Gasteiger partial charge in [-0.15, -0.1) is 0 Å². The maximum absolute atomic E-state index is 11.3. The molecule has 2 rings (SSSR count). The molecule has 0 radical (unpaired) electrons. The Labute approximate surface area is 127 Å². The van der Waals surface area contributed by atoms with Crippen molar-refractivity contribution >= 4 is 5.97 Å². The van der Waals surface area contributed by atoms with E-state index in [0.29, 0.717) is 18.6 Å². The number of rotatable bonds is 5. The van der Waals surface area contributed by atoms with E-state index in [-0.39, 0.29) is 18.5 Å². The van der Waals surface area contributed by atoms with Crippen molar-refractivity contribution in [2.75, 3.05) is 26.8 Å². The van der Waals surface area contributed by atoms with Crippen LogP contribution >= 0.6 is 0 Å². The molecule has 5 nitrogen and oxygen atoms in total. The van der Waals surface area contributed by atoms with E-state index in [4.69, 9.17) is 9.47 Å². The zero-order chi connectivity index (χ0) is 15.5. The first kappa shape index (κ1) is 16.7. The second kappa shape index (κ2) is 7.07. The highest BCUT2D eigenvalue weighted by atomic mass is 16.7. The number of hydrogen-bond acceptors (Lipinski definition) is 5. The van der Waals surface area contributed by atoms with E-state index >= 15 is 0 Å². The molecule has 2 aliphatic rings. The first-order chi connectivity index (χ1) is 9.92. The average Bonchev–Trinajstić information content (AvgIpc) is 2.79. The molecule has 21 heavy (non-hydrogen) atoms. The zero-order valence-electron chi connectivity index (χ0n) is 13.8. The fourth-order valence-electron chi connectivity index (χ4n) is 3.42. The smallest absolute Gasteiger partial charge is 0.308 e. The summed E-state index contributed by atoms with van der Waals surface area (Å²) in [7, 11) is 1.40. The molecule has 2 aliphatic heterocycles. The normalized spacial score (nSPS) is 34.3. The molecule has 0 saturated carbocycles. The van der Waals surface area contributed by atoms with E-state index in [0.717, 1.165) is 13.0 Å². The van der Waals surface area contributed by atoms with Crippen molar-refractivity contribution in [1.82, 2.24) is 4.90 Å². The van der Waals surface area contributed by atoms with E-state index in [1.807, 2.05) is 6.92 Å². The molecule has 3 atom stereocenters. The molecule has 0 spiro atoms. The van der Waals surface area contributed by atoms with Gasteiger partial charge in [0, 0.05) is 19.0 Å². The number of hydrogen-bond donors (Lipinski definition) is 0. The first-order valence-corrected chi connectivity index (χ1v) is 8.04. The SMILES string of the molecule is COC(=O)CC1COC(C)(CC2CCCN(C(C)C)C2)O1. The van der Waals surface area contributed by atoms with Crippen LogP contribution in [0.5, 0.6) is 0 Å². The van der Waals surface area contributed by atoms with Crippen LogP contribution in [0.25, 0.3) is 0 Å². The fourth-order valence-corrected chi connectivity index (χ4v) is 3.42. The Balaban J connectivity index is 1.83. The maximum atomic E-state index is 11.3. The number of esters is 1. The van der Waals surface area contributed by atoms with Gasteiger partial charge in [-0.25, -0.2) is 0 Å². The number of piperidine rings is 1. The molecule has 2 fully saturated rings. The molecule has 0 aliphatic carbocycles. The highest BCUT2D eigenvalue weighted by molar-refractivity contribution is 5.69. The Morgan fingerprint density at radius 1 is 1.48 bits per heavy atom. The first-order valence-electron chi connectivity index (χ1n) is 8.04. The van der Waals surface area contributed by atoms with E-state index in [9.17, 15) is 4.79 Å². The van der Waals surface area contributed by atoms with Crippen molar-refractivity contribution in [2.24, 2.45) is 5.92 Å². The van der Waals surface area contributed by atoms with Gasteiger partial charge in [-0.2, -0.15) is 0 Å². The minimum Gasteiger partial charge on any atom is -0.469 e. The number of nitrogens with zero attached hydrogens (tertiary/aromatic N) is 1. The van der Waals surface area contributed by atoms with Gasteiger partial charge in [-0.1, -0.05) is 0 Å². The van der Waals surface area contributed by atoms with Gasteiger partial charge in [-0.05, 0) is 46.1 Å². The Bertz CT molecular complexity index is 360. The van der Waals surface area contributed by atoms with Crippen LogP contribution in [0.3, 0.4) is 0 Å². The molecule has 0 N–H and O–H groups in total. The predicted molar refractivity (Wildman–Crippen MR) is 79.9 cm³/mol. The number of carbonyl (C=O) groups is 1. The predicted octanol–water partition coefficient (Wildman–Crippen LogP) is 2.19. The van der Waals surface area contributed by atoms with Crippen LogP contribution in [0.4, 0.5) is 0 Å². The van der Waals surface area contributed by atoms with Gasteiger partial charge in [0.15, 0.2) is 5.79 Å². The number of carbonyl (C=O) groups excluding carboxylic acids is 1. The van der Waals surface area contributed by atoms with Crippen LogP contribution in [-0.4, -0.2) is 55.6 Å². The van der Waals surface area contributed by atoms with Crippen LogP contribution in [0.15, 0.2) is 0 Å². The molecule has 5 heteroatoms. The third kappa shape index (κ3) is 4.66. The summed E-state index contributed by atoms with van der Waals surface area (Å²) in [6, 6.07) is 0.595. The van der Waals surface area contributed by atoms with E-state index in [2.05, 4.69) is 23.5 Å². The van der Waals surface area contributed by atoms with Gasteiger partial charge in [0.25, 0.3) is 0 Å². The van der Waals surface area contributed by atoms with Crippen LogP contribution in [0.1, 0.15) is 46.5 Å². The van der Waals surface area contributed by atoms with Gasteiger partial charge in [0.05, 0.1) is 26.2 Å². The second-order valence-electron chi connectivity index (χ2n) is 6.77. The molecule has 122 valence electrons. The second-order valence-corrected chi connectivity index (χ2v) is 6.77. The molecule has 2 saturated heterocycles. The zero-order valence-corrected chi connectivity index (χ0v) is 13.8. The van der Waals surface area contributed by atoms with Crippen molar-refractivity contribution in [3.63, 3.8) is 0 Å². The molecular formula is C16H29NO4. The van der Waals surface area contributed by atoms with E-state index in [1.54, 1.807) is 0 Å². The van der Waals surface area contributed by atoms with Gasteiger partial charge >= 0.3 is 5.97 Å². The van der Waals surface area contributed by atoms with Crippen LogP contribution in [-0.2, 0) is 19.0 Å². The summed E-state index contributed by atoms with van der Waals surface area (Å²) >= 11 is 0. The lowest BCUT2D eigenvalue weighted by Crippen LogP contribution is -2.42. The van der Waals surface area contributed by atoms with E-state index < -0.39 is 5.79 Å². The third-order valence-corrected chi connectivity index (χ3v) is 4.55.